The summed E-state index contributed by atoms with van der Waals surface area (Å²) < 4.78 is 4.95. The first-order valence-corrected chi connectivity index (χ1v) is 6.78. The summed E-state index contributed by atoms with van der Waals surface area (Å²) >= 11 is 5.97. The van der Waals surface area contributed by atoms with Gasteiger partial charge in [-0.2, -0.15) is 0 Å². The van der Waals surface area contributed by atoms with Crippen LogP contribution >= 0.6 is 11.6 Å². The molecule has 1 aromatic carbocycles. The fourth-order valence-electron chi connectivity index (χ4n) is 2.71. The summed E-state index contributed by atoms with van der Waals surface area (Å²) in [7, 11) is 1.40. The van der Waals surface area contributed by atoms with Crippen LogP contribution in [0.4, 0.5) is 0 Å². The number of carbonyl (C=O) groups excluding carboxylic acids is 2. The lowest BCUT2D eigenvalue weighted by Gasteiger charge is -2.34. The number of Topliss-reactive ketones (excluding diaryl/α,β-unsaturated/α-hetero) is 1. The van der Waals surface area contributed by atoms with Crippen molar-refractivity contribution >= 4 is 23.4 Å². The Morgan fingerprint density at radius 2 is 2.05 bits per heavy atom. The first-order chi connectivity index (χ1) is 9.05. The fraction of sp³-hybridized carbons (Fsp3) is 0.467. The maximum Gasteiger partial charge on any atom is 0.312 e. The van der Waals surface area contributed by atoms with Gasteiger partial charge in [0, 0.05) is 17.9 Å². The number of methoxy groups -OCH3 is 1. The molecule has 0 amide bonds. The smallest absolute Gasteiger partial charge is 0.312 e. The number of benzene rings is 1. The highest BCUT2D eigenvalue weighted by atomic mass is 35.5. The van der Waals surface area contributed by atoms with Crippen molar-refractivity contribution in [2.24, 2.45) is 5.41 Å². The molecule has 0 N–H and O–H groups in total. The van der Waals surface area contributed by atoms with Crippen LogP contribution in [-0.2, 0) is 20.7 Å². The molecule has 1 aliphatic rings. The van der Waals surface area contributed by atoms with Crippen LogP contribution in [-0.4, -0.2) is 18.9 Å². The van der Waals surface area contributed by atoms with Crippen LogP contribution in [0.5, 0.6) is 0 Å². The summed E-state index contributed by atoms with van der Waals surface area (Å²) in [5, 5.41) is 0.657. The number of rotatable bonds is 3. The van der Waals surface area contributed by atoms with Crippen LogP contribution in [0.15, 0.2) is 24.3 Å². The molecule has 0 unspecified atom stereocenters. The third kappa shape index (κ3) is 3.16. The van der Waals surface area contributed by atoms with E-state index >= 15 is 0 Å². The maximum atomic E-state index is 12.1. The summed E-state index contributed by atoms with van der Waals surface area (Å²) in [4.78, 5) is 23.5. The van der Waals surface area contributed by atoms with Crippen molar-refractivity contribution in [2.45, 2.75) is 32.1 Å². The van der Waals surface area contributed by atoms with Crippen LogP contribution in [0.3, 0.4) is 0 Å². The van der Waals surface area contributed by atoms with E-state index in [1.807, 2.05) is 18.2 Å². The molecule has 1 fully saturated rings. The summed E-state index contributed by atoms with van der Waals surface area (Å²) in [6.45, 7) is 0. The zero-order valence-corrected chi connectivity index (χ0v) is 11.7. The van der Waals surface area contributed by atoms with Gasteiger partial charge in [-0.15, -0.1) is 0 Å². The van der Waals surface area contributed by atoms with Crippen LogP contribution in [0, 0.1) is 5.41 Å². The van der Waals surface area contributed by atoms with Gasteiger partial charge in [0.05, 0.1) is 12.5 Å². The minimum absolute atomic E-state index is 0.222. The minimum atomic E-state index is -0.576. The molecule has 0 aliphatic heterocycles. The number of hydrogen-bond donors (Lipinski definition) is 0. The van der Waals surface area contributed by atoms with Gasteiger partial charge in [0.15, 0.2) is 0 Å². The Balaban J connectivity index is 2.23. The van der Waals surface area contributed by atoms with Gasteiger partial charge in [-0.1, -0.05) is 23.7 Å². The van der Waals surface area contributed by atoms with E-state index in [1.165, 1.54) is 7.11 Å². The van der Waals surface area contributed by atoms with E-state index in [9.17, 15) is 9.59 Å². The van der Waals surface area contributed by atoms with E-state index < -0.39 is 5.41 Å². The van der Waals surface area contributed by atoms with E-state index in [4.69, 9.17) is 16.3 Å². The van der Waals surface area contributed by atoms with Crippen LogP contribution < -0.4 is 0 Å². The Morgan fingerprint density at radius 1 is 1.37 bits per heavy atom. The van der Waals surface area contributed by atoms with Gasteiger partial charge in [0.1, 0.15) is 5.78 Å². The lowest BCUT2D eigenvalue weighted by Crippen LogP contribution is -2.38. The Morgan fingerprint density at radius 3 is 2.63 bits per heavy atom. The molecule has 102 valence electrons. The van der Waals surface area contributed by atoms with Gasteiger partial charge in [-0.25, -0.2) is 0 Å². The lowest BCUT2D eigenvalue weighted by atomic mass is 9.70. The van der Waals surface area contributed by atoms with E-state index in [0.29, 0.717) is 37.1 Å². The van der Waals surface area contributed by atoms with Crippen molar-refractivity contribution < 1.29 is 14.3 Å². The Kier molecular flexibility index (Phi) is 4.25. The number of hydrogen-bond acceptors (Lipinski definition) is 3. The molecular formula is C15H17ClO3. The SMILES string of the molecule is COC(=O)C1(Cc2cccc(Cl)c2)CCC(=O)CC1. The lowest BCUT2D eigenvalue weighted by molar-refractivity contribution is -0.155. The topological polar surface area (TPSA) is 43.4 Å². The van der Waals surface area contributed by atoms with Crippen LogP contribution in [0.25, 0.3) is 0 Å². The summed E-state index contributed by atoms with van der Waals surface area (Å²) in [5.41, 5.74) is 0.431. The van der Waals surface area contributed by atoms with Crippen molar-refractivity contribution in [3.63, 3.8) is 0 Å². The number of ketones is 1. The van der Waals surface area contributed by atoms with E-state index in [1.54, 1.807) is 6.07 Å². The van der Waals surface area contributed by atoms with Crippen molar-refractivity contribution in [3.05, 3.63) is 34.9 Å². The molecular weight excluding hydrogens is 264 g/mol. The highest BCUT2D eigenvalue weighted by Gasteiger charge is 2.42. The third-order valence-corrected chi connectivity index (χ3v) is 4.05. The Hall–Kier alpha value is -1.35. The zero-order chi connectivity index (χ0) is 13.9. The molecule has 1 aromatic rings. The Bertz CT molecular complexity index is 486. The largest absolute Gasteiger partial charge is 0.469 e. The molecule has 0 heterocycles. The predicted molar refractivity (Wildman–Crippen MR) is 73.1 cm³/mol. The van der Waals surface area contributed by atoms with E-state index in [0.717, 1.165) is 5.56 Å². The van der Waals surface area contributed by atoms with Crippen LogP contribution in [0.2, 0.25) is 5.02 Å². The maximum absolute atomic E-state index is 12.1. The van der Waals surface area contributed by atoms with Crippen molar-refractivity contribution in [1.29, 1.82) is 0 Å². The molecule has 0 bridgehead atoms. The average molecular weight is 281 g/mol. The van der Waals surface area contributed by atoms with Gasteiger partial charge in [0.2, 0.25) is 0 Å². The fourth-order valence-corrected chi connectivity index (χ4v) is 2.93. The molecule has 4 heteroatoms. The highest BCUT2D eigenvalue weighted by molar-refractivity contribution is 6.30. The van der Waals surface area contributed by atoms with Gasteiger partial charge >= 0.3 is 5.97 Å². The first-order valence-electron chi connectivity index (χ1n) is 6.40. The van der Waals surface area contributed by atoms with Crippen molar-refractivity contribution in [2.75, 3.05) is 7.11 Å². The second-order valence-electron chi connectivity index (χ2n) is 5.12. The highest BCUT2D eigenvalue weighted by Crippen LogP contribution is 2.39. The van der Waals surface area contributed by atoms with Crippen molar-refractivity contribution in [1.82, 2.24) is 0 Å². The molecule has 0 atom stereocenters. The molecule has 1 aliphatic carbocycles. The molecule has 2 rings (SSSR count). The van der Waals surface area contributed by atoms with Gasteiger partial charge < -0.3 is 4.74 Å². The van der Waals surface area contributed by atoms with E-state index in [-0.39, 0.29) is 11.8 Å². The zero-order valence-electron chi connectivity index (χ0n) is 10.9. The van der Waals surface area contributed by atoms with Crippen molar-refractivity contribution in [3.8, 4) is 0 Å². The molecule has 0 spiro atoms. The molecule has 19 heavy (non-hydrogen) atoms. The Labute approximate surface area is 117 Å². The minimum Gasteiger partial charge on any atom is -0.469 e. The molecule has 0 saturated heterocycles. The molecule has 3 nitrogen and oxygen atoms in total. The second kappa shape index (κ2) is 5.74. The standard InChI is InChI=1S/C15H17ClO3/c1-19-14(18)15(7-5-13(17)6-8-15)10-11-3-2-4-12(16)9-11/h2-4,9H,5-8,10H2,1H3. The van der Waals surface area contributed by atoms with Gasteiger partial charge in [-0.3, -0.25) is 9.59 Å². The first kappa shape index (κ1) is 14.1. The second-order valence-corrected chi connectivity index (χ2v) is 5.55. The number of esters is 1. The van der Waals surface area contributed by atoms with Gasteiger partial charge in [0.25, 0.3) is 0 Å². The number of carbonyl (C=O) groups is 2. The normalized spacial score (nSPS) is 18.1. The average Bonchev–Trinajstić information content (AvgIpc) is 2.41. The quantitative estimate of drug-likeness (QED) is 0.799. The monoisotopic (exact) mass is 280 g/mol. The van der Waals surface area contributed by atoms with E-state index in [2.05, 4.69) is 0 Å². The summed E-state index contributed by atoms with van der Waals surface area (Å²) in [6, 6.07) is 7.49. The number of ether oxygens (including phenoxy) is 1. The predicted octanol–water partition coefficient (Wildman–Crippen LogP) is 3.19. The third-order valence-electron chi connectivity index (χ3n) is 3.81. The number of halogens is 1. The molecule has 0 radical (unpaired) electrons. The summed E-state index contributed by atoms with van der Waals surface area (Å²) in [5.74, 6) is 0.00518. The van der Waals surface area contributed by atoms with Gasteiger partial charge in [-0.05, 0) is 37.0 Å². The van der Waals surface area contributed by atoms with Crippen LogP contribution in [0.1, 0.15) is 31.2 Å². The molecule has 1 saturated carbocycles. The summed E-state index contributed by atoms with van der Waals surface area (Å²) in [6.07, 6.45) is 2.61. The molecule has 0 aromatic heterocycles.